The molecule has 1 rings (SSSR count). The van der Waals surface area contributed by atoms with Crippen molar-refractivity contribution in [2.45, 2.75) is 5.75 Å². The number of aliphatic hydroxyl groups excluding tert-OH is 1. The van der Waals surface area contributed by atoms with Gasteiger partial charge in [-0.2, -0.15) is 11.8 Å². The van der Waals surface area contributed by atoms with Crippen LogP contribution in [-0.4, -0.2) is 22.5 Å². The molecule has 1 N–H and O–H groups in total. The predicted molar refractivity (Wildman–Crippen MR) is 52.5 cm³/mol. The maximum absolute atomic E-state index is 8.54. The quantitative estimate of drug-likeness (QED) is 0.600. The maximum atomic E-state index is 8.54. The summed E-state index contributed by atoms with van der Waals surface area (Å²) in [5.41, 5.74) is 1.15. The van der Waals surface area contributed by atoms with Gasteiger partial charge in [0.15, 0.2) is 0 Å². The molecule has 0 aliphatic carbocycles. The largest absolute Gasteiger partial charge is 0.396 e. The van der Waals surface area contributed by atoms with E-state index in [1.54, 1.807) is 18.0 Å². The van der Waals surface area contributed by atoms with Crippen molar-refractivity contribution in [3.8, 4) is 0 Å². The molecule has 0 aliphatic heterocycles. The number of hydrogen-bond acceptors (Lipinski definition) is 3. The van der Waals surface area contributed by atoms with E-state index in [1.807, 2.05) is 12.1 Å². The zero-order valence-corrected chi connectivity index (χ0v) is 8.11. The second-order valence-corrected chi connectivity index (χ2v) is 3.76. The van der Waals surface area contributed by atoms with Gasteiger partial charge >= 0.3 is 0 Å². The van der Waals surface area contributed by atoms with E-state index in [4.69, 9.17) is 16.7 Å². The molecule has 66 valence electrons. The summed E-state index contributed by atoms with van der Waals surface area (Å²) in [5, 5.41) is 9.06. The van der Waals surface area contributed by atoms with Crippen LogP contribution in [0.15, 0.2) is 18.3 Å². The predicted octanol–water partition coefficient (Wildman–Crippen LogP) is 1.96. The van der Waals surface area contributed by atoms with Crippen molar-refractivity contribution < 1.29 is 5.11 Å². The third-order valence-electron chi connectivity index (χ3n) is 1.30. The Balaban J connectivity index is 2.41. The molecule has 0 bridgehead atoms. The smallest absolute Gasteiger partial charge is 0.129 e. The van der Waals surface area contributed by atoms with E-state index in [9.17, 15) is 0 Å². The molecule has 1 aromatic heterocycles. The van der Waals surface area contributed by atoms with Gasteiger partial charge in [0.25, 0.3) is 0 Å². The normalized spacial score (nSPS) is 10.2. The Hall–Kier alpha value is -0.250. The van der Waals surface area contributed by atoms with E-state index < -0.39 is 0 Å². The summed E-state index contributed by atoms with van der Waals surface area (Å²) in [6.07, 6.45) is 1.69. The first kappa shape index (κ1) is 9.84. The van der Waals surface area contributed by atoms with Crippen LogP contribution in [0.4, 0.5) is 0 Å². The monoisotopic (exact) mass is 203 g/mol. The third kappa shape index (κ3) is 3.43. The van der Waals surface area contributed by atoms with Gasteiger partial charge in [-0.15, -0.1) is 0 Å². The molecule has 0 radical (unpaired) electrons. The first-order chi connectivity index (χ1) is 5.83. The Labute approximate surface area is 81.0 Å². The highest BCUT2D eigenvalue weighted by Gasteiger charge is 1.94. The fourth-order valence-corrected chi connectivity index (χ4v) is 1.67. The second-order valence-electron chi connectivity index (χ2n) is 2.26. The fraction of sp³-hybridized carbons (Fsp3) is 0.375. The molecule has 1 aromatic rings. The van der Waals surface area contributed by atoms with E-state index >= 15 is 0 Å². The molecule has 0 atom stereocenters. The Morgan fingerprint density at radius 3 is 3.08 bits per heavy atom. The SMILES string of the molecule is OCCSCc1ccnc(Cl)c1. The van der Waals surface area contributed by atoms with Crippen molar-refractivity contribution in [2.75, 3.05) is 12.4 Å². The standard InChI is InChI=1S/C8H10ClNOS/c9-8-5-7(1-2-10-8)6-12-4-3-11/h1-2,5,11H,3-4,6H2. The number of thioether (sulfide) groups is 1. The highest BCUT2D eigenvalue weighted by Crippen LogP contribution is 2.13. The molecule has 12 heavy (non-hydrogen) atoms. The molecule has 1 heterocycles. The molecule has 0 aliphatic rings. The van der Waals surface area contributed by atoms with Gasteiger partial charge in [0.1, 0.15) is 5.15 Å². The van der Waals surface area contributed by atoms with Gasteiger partial charge in [-0.3, -0.25) is 0 Å². The van der Waals surface area contributed by atoms with Gasteiger partial charge in [-0.1, -0.05) is 11.6 Å². The van der Waals surface area contributed by atoms with Crippen molar-refractivity contribution in [1.82, 2.24) is 4.98 Å². The zero-order chi connectivity index (χ0) is 8.81. The minimum absolute atomic E-state index is 0.226. The Morgan fingerprint density at radius 2 is 2.42 bits per heavy atom. The van der Waals surface area contributed by atoms with Crippen LogP contribution in [0.2, 0.25) is 5.15 Å². The first-order valence-corrected chi connectivity index (χ1v) is 5.15. The molecule has 2 nitrogen and oxygen atoms in total. The van der Waals surface area contributed by atoms with Crippen molar-refractivity contribution in [1.29, 1.82) is 0 Å². The van der Waals surface area contributed by atoms with Gasteiger partial charge in [0.05, 0.1) is 6.61 Å². The summed E-state index contributed by atoms with van der Waals surface area (Å²) in [6.45, 7) is 0.226. The summed E-state index contributed by atoms with van der Waals surface area (Å²) < 4.78 is 0. The van der Waals surface area contributed by atoms with Crippen LogP contribution in [0.3, 0.4) is 0 Å². The topological polar surface area (TPSA) is 33.1 Å². The number of halogens is 1. The maximum Gasteiger partial charge on any atom is 0.129 e. The second kappa shape index (κ2) is 5.41. The summed E-state index contributed by atoms with van der Waals surface area (Å²) in [5.74, 6) is 1.64. The van der Waals surface area contributed by atoms with Gasteiger partial charge < -0.3 is 5.11 Å². The lowest BCUT2D eigenvalue weighted by Crippen LogP contribution is -1.88. The fourth-order valence-electron chi connectivity index (χ4n) is 0.787. The average molecular weight is 204 g/mol. The van der Waals surface area contributed by atoms with Crippen LogP contribution in [0.25, 0.3) is 0 Å². The Kier molecular flexibility index (Phi) is 4.43. The first-order valence-electron chi connectivity index (χ1n) is 3.62. The summed E-state index contributed by atoms with van der Waals surface area (Å²) in [4.78, 5) is 3.87. The number of aliphatic hydroxyl groups is 1. The summed E-state index contributed by atoms with van der Waals surface area (Å²) in [6, 6.07) is 3.77. The molecule has 0 fully saturated rings. The van der Waals surface area contributed by atoms with E-state index in [1.165, 1.54) is 0 Å². The van der Waals surface area contributed by atoms with Crippen LogP contribution >= 0.6 is 23.4 Å². The lowest BCUT2D eigenvalue weighted by Gasteiger charge is -1.99. The lowest BCUT2D eigenvalue weighted by atomic mass is 10.3. The van der Waals surface area contributed by atoms with E-state index in [2.05, 4.69) is 4.98 Å². The number of pyridine rings is 1. The molecule has 4 heteroatoms. The van der Waals surface area contributed by atoms with E-state index in [0.717, 1.165) is 17.1 Å². The lowest BCUT2D eigenvalue weighted by molar-refractivity contribution is 0.322. The van der Waals surface area contributed by atoms with Gasteiger partial charge in [-0.05, 0) is 17.7 Å². The summed E-state index contributed by atoms with van der Waals surface area (Å²) >= 11 is 7.37. The van der Waals surface area contributed by atoms with Gasteiger partial charge in [0, 0.05) is 17.7 Å². The molecule has 0 unspecified atom stereocenters. The zero-order valence-electron chi connectivity index (χ0n) is 6.53. The molecule has 0 saturated heterocycles. The minimum Gasteiger partial charge on any atom is -0.396 e. The van der Waals surface area contributed by atoms with E-state index in [0.29, 0.717) is 5.15 Å². The summed E-state index contributed by atoms with van der Waals surface area (Å²) in [7, 11) is 0. The van der Waals surface area contributed by atoms with Crippen molar-refractivity contribution in [3.05, 3.63) is 29.0 Å². The molecule has 0 spiro atoms. The Morgan fingerprint density at radius 1 is 1.58 bits per heavy atom. The molecular formula is C8H10ClNOS. The number of rotatable bonds is 4. The molecule has 0 saturated carbocycles. The van der Waals surface area contributed by atoms with Crippen molar-refractivity contribution >= 4 is 23.4 Å². The van der Waals surface area contributed by atoms with Crippen LogP contribution < -0.4 is 0 Å². The van der Waals surface area contributed by atoms with Gasteiger partial charge in [0.2, 0.25) is 0 Å². The minimum atomic E-state index is 0.226. The Bertz CT molecular complexity index is 244. The third-order valence-corrected chi connectivity index (χ3v) is 2.51. The number of nitrogens with zero attached hydrogens (tertiary/aromatic N) is 1. The van der Waals surface area contributed by atoms with Crippen molar-refractivity contribution in [3.63, 3.8) is 0 Å². The van der Waals surface area contributed by atoms with Crippen LogP contribution in [0.1, 0.15) is 5.56 Å². The van der Waals surface area contributed by atoms with E-state index in [-0.39, 0.29) is 6.61 Å². The number of hydrogen-bond donors (Lipinski definition) is 1. The molecular weight excluding hydrogens is 194 g/mol. The molecule has 0 amide bonds. The van der Waals surface area contributed by atoms with Crippen LogP contribution in [-0.2, 0) is 5.75 Å². The van der Waals surface area contributed by atoms with Crippen LogP contribution in [0.5, 0.6) is 0 Å². The average Bonchev–Trinajstić information content (AvgIpc) is 2.05. The number of aromatic nitrogens is 1. The van der Waals surface area contributed by atoms with Crippen molar-refractivity contribution in [2.24, 2.45) is 0 Å². The van der Waals surface area contributed by atoms with Crippen LogP contribution in [0, 0.1) is 0 Å². The highest BCUT2D eigenvalue weighted by molar-refractivity contribution is 7.98. The van der Waals surface area contributed by atoms with Gasteiger partial charge in [-0.25, -0.2) is 4.98 Å². The molecule has 0 aromatic carbocycles. The highest BCUT2D eigenvalue weighted by atomic mass is 35.5.